The van der Waals surface area contributed by atoms with Gasteiger partial charge in [-0.25, -0.2) is 4.39 Å². The van der Waals surface area contributed by atoms with Crippen LogP contribution in [0.4, 0.5) is 4.39 Å². The molecule has 2 aromatic rings. The number of nitriles is 1. The minimum Gasteiger partial charge on any atom is -0.489 e. The predicted molar refractivity (Wildman–Crippen MR) is 79.2 cm³/mol. The van der Waals surface area contributed by atoms with Gasteiger partial charge in [0.15, 0.2) is 0 Å². The van der Waals surface area contributed by atoms with Gasteiger partial charge in [-0.3, -0.25) is 0 Å². The van der Waals surface area contributed by atoms with Gasteiger partial charge in [0.25, 0.3) is 0 Å². The number of aryl methyl sites for hydroxylation is 1. The van der Waals surface area contributed by atoms with Crippen molar-refractivity contribution in [3.63, 3.8) is 0 Å². The number of hydrogen-bond donors (Lipinski definition) is 1. The molecule has 0 fully saturated rings. The quantitative estimate of drug-likeness (QED) is 0.933. The molecule has 0 aliphatic heterocycles. The van der Waals surface area contributed by atoms with E-state index in [1.54, 1.807) is 31.2 Å². The minimum atomic E-state index is -0.362. The zero-order valence-electron chi connectivity index (χ0n) is 12.1. The zero-order valence-corrected chi connectivity index (χ0v) is 12.1. The van der Waals surface area contributed by atoms with Gasteiger partial charge >= 0.3 is 0 Å². The molecule has 0 aliphatic carbocycles. The second-order valence-electron chi connectivity index (χ2n) is 5.01. The fraction of sp³-hybridized carbons (Fsp3) is 0.235. The third-order valence-corrected chi connectivity index (χ3v) is 3.33. The fourth-order valence-corrected chi connectivity index (χ4v) is 2.06. The van der Waals surface area contributed by atoms with Crippen LogP contribution >= 0.6 is 0 Å². The number of nitrogens with two attached hydrogens (primary N) is 1. The average molecular weight is 284 g/mol. The largest absolute Gasteiger partial charge is 0.489 e. The first-order valence-corrected chi connectivity index (χ1v) is 6.68. The molecule has 0 bridgehead atoms. The van der Waals surface area contributed by atoms with E-state index in [4.69, 9.17) is 15.7 Å². The van der Waals surface area contributed by atoms with Crippen molar-refractivity contribution in [3.8, 4) is 11.8 Å². The molecule has 0 saturated carbocycles. The maximum Gasteiger partial charge on any atom is 0.131 e. The van der Waals surface area contributed by atoms with Crippen molar-refractivity contribution in [2.45, 2.75) is 26.5 Å². The number of nitrogens with zero attached hydrogens (tertiary/aromatic N) is 1. The Balaban J connectivity index is 2.10. The van der Waals surface area contributed by atoms with Gasteiger partial charge in [0.1, 0.15) is 18.2 Å². The van der Waals surface area contributed by atoms with Gasteiger partial charge in [-0.2, -0.15) is 5.26 Å². The topological polar surface area (TPSA) is 59.0 Å². The molecule has 0 radical (unpaired) electrons. The molecule has 21 heavy (non-hydrogen) atoms. The van der Waals surface area contributed by atoms with E-state index >= 15 is 0 Å². The summed E-state index contributed by atoms with van der Waals surface area (Å²) in [6, 6.07) is 11.8. The first kappa shape index (κ1) is 15.0. The normalized spacial score (nSPS) is 11.8. The van der Waals surface area contributed by atoms with Crippen LogP contribution in [0.25, 0.3) is 0 Å². The standard InChI is InChI=1S/C17H17FN2O/c1-11-7-13(9-19)3-4-14(11)10-21-15-5-6-16(12(2)20)17(18)8-15/h3-8,12H,10,20H2,1-2H3/t12-/m1/s1. The molecule has 1 atom stereocenters. The number of ether oxygens (including phenoxy) is 1. The summed E-state index contributed by atoms with van der Waals surface area (Å²) in [5.41, 5.74) is 8.69. The summed E-state index contributed by atoms with van der Waals surface area (Å²) in [6.07, 6.45) is 0. The lowest BCUT2D eigenvalue weighted by molar-refractivity contribution is 0.303. The molecule has 0 aromatic heterocycles. The second kappa shape index (κ2) is 6.38. The van der Waals surface area contributed by atoms with Gasteiger partial charge in [0.2, 0.25) is 0 Å². The predicted octanol–water partition coefficient (Wildman–Crippen LogP) is 3.60. The molecule has 0 heterocycles. The van der Waals surface area contributed by atoms with Crippen LogP contribution in [0.3, 0.4) is 0 Å². The van der Waals surface area contributed by atoms with Crippen LogP contribution in [-0.4, -0.2) is 0 Å². The monoisotopic (exact) mass is 284 g/mol. The first-order valence-electron chi connectivity index (χ1n) is 6.68. The highest BCUT2D eigenvalue weighted by atomic mass is 19.1. The average Bonchev–Trinajstić information content (AvgIpc) is 2.45. The fourth-order valence-electron chi connectivity index (χ4n) is 2.06. The summed E-state index contributed by atoms with van der Waals surface area (Å²) >= 11 is 0. The van der Waals surface area contributed by atoms with Crippen LogP contribution in [0.2, 0.25) is 0 Å². The molecule has 2 N–H and O–H groups in total. The summed E-state index contributed by atoms with van der Waals surface area (Å²) in [5, 5.41) is 8.83. The Labute approximate surface area is 123 Å². The molecule has 0 amide bonds. The highest BCUT2D eigenvalue weighted by molar-refractivity contribution is 5.37. The number of benzene rings is 2. The third-order valence-electron chi connectivity index (χ3n) is 3.33. The smallest absolute Gasteiger partial charge is 0.131 e. The molecule has 4 heteroatoms. The summed E-state index contributed by atoms with van der Waals surface area (Å²) in [5.74, 6) is 0.0970. The SMILES string of the molecule is Cc1cc(C#N)ccc1COc1ccc([C@@H](C)N)c(F)c1. The molecule has 2 aromatic carbocycles. The van der Waals surface area contributed by atoms with E-state index in [1.165, 1.54) is 6.07 Å². The van der Waals surface area contributed by atoms with Gasteiger partial charge in [-0.1, -0.05) is 12.1 Å². The maximum absolute atomic E-state index is 13.8. The van der Waals surface area contributed by atoms with Crippen molar-refractivity contribution in [1.82, 2.24) is 0 Å². The summed E-state index contributed by atoms with van der Waals surface area (Å²) in [6.45, 7) is 3.98. The second-order valence-corrected chi connectivity index (χ2v) is 5.01. The molecule has 0 unspecified atom stereocenters. The Morgan fingerprint density at radius 1 is 1.29 bits per heavy atom. The highest BCUT2D eigenvalue weighted by Gasteiger charge is 2.08. The lowest BCUT2D eigenvalue weighted by atomic mass is 10.1. The number of rotatable bonds is 4. The first-order chi connectivity index (χ1) is 10.0. The molecule has 108 valence electrons. The van der Waals surface area contributed by atoms with E-state index in [0.29, 0.717) is 23.5 Å². The minimum absolute atomic E-state index is 0.328. The molecular weight excluding hydrogens is 267 g/mol. The van der Waals surface area contributed by atoms with E-state index < -0.39 is 0 Å². The van der Waals surface area contributed by atoms with Crippen LogP contribution in [0.15, 0.2) is 36.4 Å². The Hall–Kier alpha value is -2.38. The van der Waals surface area contributed by atoms with Gasteiger partial charge < -0.3 is 10.5 Å². The van der Waals surface area contributed by atoms with E-state index in [-0.39, 0.29) is 11.9 Å². The summed E-state index contributed by atoms with van der Waals surface area (Å²) in [7, 11) is 0. The van der Waals surface area contributed by atoms with Crippen LogP contribution in [0.5, 0.6) is 5.75 Å². The van der Waals surface area contributed by atoms with Crippen molar-refractivity contribution in [3.05, 3.63) is 64.5 Å². The molecule has 0 spiro atoms. The van der Waals surface area contributed by atoms with Crippen molar-refractivity contribution >= 4 is 0 Å². The Kier molecular flexibility index (Phi) is 4.56. The Bertz CT molecular complexity index is 690. The highest BCUT2D eigenvalue weighted by Crippen LogP contribution is 2.22. The van der Waals surface area contributed by atoms with Crippen molar-refractivity contribution in [2.75, 3.05) is 0 Å². The Morgan fingerprint density at radius 3 is 2.62 bits per heavy atom. The summed E-state index contributed by atoms with van der Waals surface area (Å²) in [4.78, 5) is 0. The van der Waals surface area contributed by atoms with E-state index in [2.05, 4.69) is 6.07 Å². The van der Waals surface area contributed by atoms with Gasteiger partial charge in [-0.05, 0) is 43.2 Å². The van der Waals surface area contributed by atoms with Gasteiger partial charge in [-0.15, -0.1) is 0 Å². The van der Waals surface area contributed by atoms with Crippen molar-refractivity contribution < 1.29 is 9.13 Å². The van der Waals surface area contributed by atoms with E-state index in [1.807, 2.05) is 13.0 Å². The molecule has 0 aliphatic rings. The molecule has 0 saturated heterocycles. The summed E-state index contributed by atoms with van der Waals surface area (Å²) < 4.78 is 19.4. The lowest BCUT2D eigenvalue weighted by Crippen LogP contribution is -2.07. The maximum atomic E-state index is 13.8. The van der Waals surface area contributed by atoms with Crippen LogP contribution in [0, 0.1) is 24.1 Å². The number of hydrogen-bond acceptors (Lipinski definition) is 3. The van der Waals surface area contributed by atoms with E-state index in [0.717, 1.165) is 11.1 Å². The number of halogens is 1. The van der Waals surface area contributed by atoms with Crippen LogP contribution in [0.1, 0.15) is 35.2 Å². The Morgan fingerprint density at radius 2 is 2.05 bits per heavy atom. The van der Waals surface area contributed by atoms with E-state index in [9.17, 15) is 4.39 Å². The molecule has 2 rings (SSSR count). The van der Waals surface area contributed by atoms with Gasteiger partial charge in [0, 0.05) is 17.7 Å². The van der Waals surface area contributed by atoms with Crippen molar-refractivity contribution in [1.29, 1.82) is 5.26 Å². The lowest BCUT2D eigenvalue weighted by Gasteiger charge is -2.11. The van der Waals surface area contributed by atoms with Crippen LogP contribution < -0.4 is 10.5 Å². The molecule has 3 nitrogen and oxygen atoms in total. The van der Waals surface area contributed by atoms with Gasteiger partial charge in [0.05, 0.1) is 11.6 Å². The van der Waals surface area contributed by atoms with Crippen molar-refractivity contribution in [2.24, 2.45) is 5.73 Å². The third kappa shape index (κ3) is 3.59. The molecular formula is C17H17FN2O. The van der Waals surface area contributed by atoms with Crippen LogP contribution in [-0.2, 0) is 6.61 Å². The zero-order chi connectivity index (χ0) is 15.4.